The lowest BCUT2D eigenvalue weighted by Crippen LogP contribution is -2.28. The van der Waals surface area contributed by atoms with Crippen LogP contribution >= 0.6 is 11.3 Å². The molecule has 9 heteroatoms. The van der Waals surface area contributed by atoms with E-state index in [0.29, 0.717) is 27.2 Å². The Morgan fingerprint density at radius 2 is 2.03 bits per heavy atom. The Hall–Kier alpha value is -2.68. The van der Waals surface area contributed by atoms with E-state index in [1.54, 1.807) is 11.5 Å². The third-order valence-corrected chi connectivity index (χ3v) is 6.39. The second-order valence-corrected chi connectivity index (χ2v) is 8.09. The SMILES string of the molecule is Cc1c(C(=O)N(C)c2cccc(C(F)(F)F)c2)sc2nc3n(c(=O)c12)CCCC3. The van der Waals surface area contributed by atoms with E-state index in [2.05, 4.69) is 4.98 Å². The van der Waals surface area contributed by atoms with Crippen LogP contribution in [0, 0.1) is 6.92 Å². The second kappa shape index (κ2) is 6.98. The topological polar surface area (TPSA) is 55.2 Å². The van der Waals surface area contributed by atoms with Crippen molar-refractivity contribution in [2.24, 2.45) is 0 Å². The van der Waals surface area contributed by atoms with E-state index >= 15 is 0 Å². The molecule has 1 aromatic carbocycles. The van der Waals surface area contributed by atoms with Gasteiger partial charge in [0.05, 0.1) is 15.8 Å². The molecule has 0 radical (unpaired) electrons. The van der Waals surface area contributed by atoms with Gasteiger partial charge < -0.3 is 4.90 Å². The molecule has 0 atom stereocenters. The summed E-state index contributed by atoms with van der Waals surface area (Å²) in [5.41, 5.74) is -0.327. The van der Waals surface area contributed by atoms with Crippen LogP contribution in [0.3, 0.4) is 0 Å². The van der Waals surface area contributed by atoms with Gasteiger partial charge in [-0.2, -0.15) is 13.2 Å². The first-order valence-electron chi connectivity index (χ1n) is 9.16. The van der Waals surface area contributed by atoms with Crippen LogP contribution in [0.2, 0.25) is 0 Å². The molecule has 0 aliphatic carbocycles. The summed E-state index contributed by atoms with van der Waals surface area (Å²) in [4.78, 5) is 32.5. The molecule has 1 aliphatic rings. The number of aryl methyl sites for hydroxylation is 2. The van der Waals surface area contributed by atoms with Crippen LogP contribution in [-0.4, -0.2) is 22.5 Å². The zero-order valence-electron chi connectivity index (χ0n) is 15.8. The molecule has 2 aromatic heterocycles. The molecule has 152 valence electrons. The molecule has 1 aliphatic heterocycles. The van der Waals surface area contributed by atoms with Gasteiger partial charge in [-0.05, 0) is 43.5 Å². The maximum Gasteiger partial charge on any atom is 0.416 e. The van der Waals surface area contributed by atoms with Crippen LogP contribution in [0.15, 0.2) is 29.1 Å². The summed E-state index contributed by atoms with van der Waals surface area (Å²) in [5, 5.41) is 0.418. The van der Waals surface area contributed by atoms with Crippen LogP contribution < -0.4 is 10.5 Å². The number of aromatic nitrogens is 2. The fourth-order valence-electron chi connectivity index (χ4n) is 3.60. The third kappa shape index (κ3) is 3.33. The zero-order chi connectivity index (χ0) is 20.9. The van der Waals surface area contributed by atoms with Gasteiger partial charge >= 0.3 is 6.18 Å². The molecule has 4 rings (SSSR count). The average Bonchev–Trinajstić information content (AvgIpc) is 3.03. The highest BCUT2D eigenvalue weighted by molar-refractivity contribution is 7.20. The summed E-state index contributed by atoms with van der Waals surface area (Å²) >= 11 is 1.11. The number of amides is 1. The maximum absolute atomic E-state index is 13.0. The number of hydrogen-bond donors (Lipinski definition) is 0. The van der Waals surface area contributed by atoms with Gasteiger partial charge in [-0.3, -0.25) is 14.2 Å². The number of halogens is 3. The third-order valence-electron chi connectivity index (χ3n) is 5.22. The van der Waals surface area contributed by atoms with Crippen molar-refractivity contribution < 1.29 is 18.0 Å². The van der Waals surface area contributed by atoms with Crippen LogP contribution in [-0.2, 0) is 19.1 Å². The van der Waals surface area contributed by atoms with Gasteiger partial charge in [0.25, 0.3) is 11.5 Å². The fourth-order valence-corrected chi connectivity index (χ4v) is 4.76. The minimum absolute atomic E-state index is 0.130. The van der Waals surface area contributed by atoms with Gasteiger partial charge in [-0.1, -0.05) is 6.07 Å². The van der Waals surface area contributed by atoms with E-state index < -0.39 is 17.6 Å². The summed E-state index contributed by atoms with van der Waals surface area (Å²) in [7, 11) is 1.42. The number of alkyl halides is 3. The van der Waals surface area contributed by atoms with Gasteiger partial charge in [0.2, 0.25) is 0 Å². The summed E-state index contributed by atoms with van der Waals surface area (Å²) in [6, 6.07) is 4.61. The number of thiophene rings is 1. The number of benzene rings is 1. The lowest BCUT2D eigenvalue weighted by atomic mass is 10.1. The van der Waals surface area contributed by atoms with Gasteiger partial charge in [0, 0.05) is 25.7 Å². The maximum atomic E-state index is 13.0. The van der Waals surface area contributed by atoms with E-state index in [0.717, 1.165) is 48.6 Å². The van der Waals surface area contributed by atoms with Gasteiger partial charge in [0.15, 0.2) is 0 Å². The van der Waals surface area contributed by atoms with Crippen LogP contribution in [0.5, 0.6) is 0 Å². The van der Waals surface area contributed by atoms with Crippen molar-refractivity contribution in [2.45, 2.75) is 38.9 Å². The van der Waals surface area contributed by atoms with Crippen molar-refractivity contribution in [1.82, 2.24) is 9.55 Å². The predicted octanol–water partition coefficient (Wildman–Crippen LogP) is 4.40. The first-order chi connectivity index (χ1) is 13.7. The fraction of sp³-hybridized carbons (Fsp3) is 0.350. The summed E-state index contributed by atoms with van der Waals surface area (Å²) in [6.07, 6.45) is -1.90. The second-order valence-electron chi connectivity index (χ2n) is 7.09. The summed E-state index contributed by atoms with van der Waals surface area (Å²) in [5.74, 6) is 0.257. The molecular weight excluding hydrogens is 403 g/mol. The largest absolute Gasteiger partial charge is 0.416 e. The molecule has 29 heavy (non-hydrogen) atoms. The molecule has 0 N–H and O–H groups in total. The number of fused-ring (bicyclic) bond motifs is 2. The highest BCUT2D eigenvalue weighted by Crippen LogP contribution is 2.33. The van der Waals surface area contributed by atoms with E-state index in [9.17, 15) is 22.8 Å². The molecule has 5 nitrogen and oxygen atoms in total. The van der Waals surface area contributed by atoms with Gasteiger partial charge in [0.1, 0.15) is 10.7 Å². The minimum Gasteiger partial charge on any atom is -0.311 e. The van der Waals surface area contributed by atoms with Crippen molar-refractivity contribution in [3.05, 3.63) is 56.4 Å². The normalized spacial score (nSPS) is 14.1. The summed E-state index contributed by atoms with van der Waals surface area (Å²) in [6.45, 7) is 2.30. The number of rotatable bonds is 2. The highest BCUT2D eigenvalue weighted by atomic mass is 32.1. The number of carbonyl (C=O) groups excluding carboxylic acids is 1. The Kier molecular flexibility index (Phi) is 4.72. The number of anilines is 1. The van der Waals surface area contributed by atoms with Gasteiger partial charge in [-0.15, -0.1) is 11.3 Å². The Balaban J connectivity index is 1.77. The molecule has 1 amide bonds. The Bertz CT molecular complexity index is 1180. The van der Waals surface area contributed by atoms with Crippen molar-refractivity contribution in [1.29, 1.82) is 0 Å². The van der Waals surface area contributed by atoms with Crippen molar-refractivity contribution in [3.63, 3.8) is 0 Å². The molecule has 0 bridgehead atoms. The Morgan fingerprint density at radius 3 is 2.76 bits per heavy atom. The minimum atomic E-state index is -4.49. The molecule has 0 spiro atoms. The first kappa shape index (κ1) is 19.6. The molecule has 0 saturated heterocycles. The van der Waals surface area contributed by atoms with Crippen LogP contribution in [0.25, 0.3) is 10.2 Å². The van der Waals surface area contributed by atoms with E-state index in [-0.39, 0.29) is 11.2 Å². The first-order valence-corrected chi connectivity index (χ1v) is 9.98. The average molecular weight is 421 g/mol. The lowest BCUT2D eigenvalue weighted by molar-refractivity contribution is -0.137. The zero-order valence-corrected chi connectivity index (χ0v) is 16.7. The molecule has 3 aromatic rings. The Morgan fingerprint density at radius 1 is 1.28 bits per heavy atom. The molecular formula is C20H18F3N3O2S. The molecule has 0 fully saturated rings. The summed E-state index contributed by atoms with van der Waals surface area (Å²) < 4.78 is 40.7. The Labute approximate surface area is 168 Å². The van der Waals surface area contributed by atoms with Crippen molar-refractivity contribution in [2.75, 3.05) is 11.9 Å². The lowest BCUT2D eigenvalue weighted by Gasteiger charge is -2.18. The van der Waals surface area contributed by atoms with Crippen molar-refractivity contribution in [3.8, 4) is 0 Å². The number of hydrogen-bond acceptors (Lipinski definition) is 4. The monoisotopic (exact) mass is 421 g/mol. The van der Waals surface area contributed by atoms with Crippen molar-refractivity contribution >= 4 is 33.1 Å². The van der Waals surface area contributed by atoms with Crippen LogP contribution in [0.1, 0.15) is 39.5 Å². The molecule has 3 heterocycles. The number of nitrogens with zero attached hydrogens (tertiary/aromatic N) is 3. The van der Waals surface area contributed by atoms with E-state index in [4.69, 9.17) is 0 Å². The standard InChI is InChI=1S/C20H18F3N3O2S/c1-11-15-17(24-14-8-3-4-9-26(14)18(15)27)29-16(11)19(28)25(2)13-7-5-6-12(10-13)20(21,22)23/h5-7,10H,3-4,8-9H2,1-2H3. The van der Waals surface area contributed by atoms with E-state index in [1.165, 1.54) is 24.1 Å². The van der Waals surface area contributed by atoms with Gasteiger partial charge in [-0.25, -0.2) is 4.98 Å². The quantitative estimate of drug-likeness (QED) is 0.616. The molecule has 0 saturated carbocycles. The molecule has 0 unspecified atom stereocenters. The van der Waals surface area contributed by atoms with Crippen LogP contribution in [0.4, 0.5) is 18.9 Å². The van der Waals surface area contributed by atoms with E-state index in [1.807, 2.05) is 0 Å². The predicted molar refractivity (Wildman–Crippen MR) is 106 cm³/mol. The highest BCUT2D eigenvalue weighted by Gasteiger charge is 2.31. The smallest absolute Gasteiger partial charge is 0.311 e. The number of carbonyl (C=O) groups is 1.